The molecule has 0 aromatic rings. The van der Waals surface area contributed by atoms with Gasteiger partial charge in [0.05, 0.1) is 13.2 Å². The Morgan fingerprint density at radius 3 is 2.79 bits per heavy atom. The summed E-state index contributed by atoms with van der Waals surface area (Å²) in [5.74, 6) is 1.41. The third-order valence-electron chi connectivity index (χ3n) is 3.08. The van der Waals surface area contributed by atoms with Crippen molar-refractivity contribution in [2.45, 2.75) is 19.3 Å². The van der Waals surface area contributed by atoms with E-state index in [1.807, 2.05) is 7.05 Å². The van der Waals surface area contributed by atoms with Gasteiger partial charge in [-0.1, -0.05) is 0 Å². The average Bonchev–Trinajstić information content (AvgIpc) is 2.80. The van der Waals surface area contributed by atoms with E-state index >= 15 is 0 Å². The predicted octanol–water partition coefficient (Wildman–Crippen LogP) is 0.934. The van der Waals surface area contributed by atoms with E-state index in [0.29, 0.717) is 18.9 Å². The Morgan fingerprint density at radius 1 is 1.43 bits per heavy atom. The molecule has 0 bridgehead atoms. The highest BCUT2D eigenvalue weighted by atomic mass is 16.5. The molecule has 0 aromatic carbocycles. The van der Waals surface area contributed by atoms with Gasteiger partial charge in [-0.15, -0.1) is 0 Å². The predicted molar refractivity (Wildman–Crippen MR) is 54.2 cm³/mol. The summed E-state index contributed by atoms with van der Waals surface area (Å²) in [4.78, 5) is 13.9. The first kappa shape index (κ1) is 10.1. The van der Waals surface area contributed by atoms with Crippen molar-refractivity contribution in [3.8, 4) is 0 Å². The molecular weight excluding hydrogens is 178 g/mol. The van der Waals surface area contributed by atoms with E-state index < -0.39 is 0 Å². The molecule has 3 nitrogen and oxygen atoms in total. The third-order valence-corrected chi connectivity index (χ3v) is 3.08. The van der Waals surface area contributed by atoms with E-state index in [4.69, 9.17) is 4.74 Å². The van der Waals surface area contributed by atoms with E-state index in [2.05, 4.69) is 4.90 Å². The molecule has 1 saturated heterocycles. The Kier molecular flexibility index (Phi) is 3.19. The zero-order valence-electron chi connectivity index (χ0n) is 8.87. The lowest BCUT2D eigenvalue weighted by molar-refractivity contribution is -0.123. The first-order valence-electron chi connectivity index (χ1n) is 5.54. The van der Waals surface area contributed by atoms with Crippen LogP contribution in [0.15, 0.2) is 0 Å². The number of nitrogens with zero attached hydrogens (tertiary/aromatic N) is 1. The third kappa shape index (κ3) is 2.79. The second kappa shape index (κ2) is 4.41. The molecule has 1 heterocycles. The lowest BCUT2D eigenvalue weighted by atomic mass is 10.0. The molecule has 1 aliphatic carbocycles. The van der Waals surface area contributed by atoms with Crippen LogP contribution < -0.4 is 0 Å². The molecule has 3 heteroatoms. The van der Waals surface area contributed by atoms with E-state index in [1.165, 1.54) is 12.8 Å². The minimum Gasteiger partial charge on any atom is -0.381 e. The number of ether oxygens (including phenoxy) is 1. The molecule has 0 spiro atoms. The Balaban J connectivity index is 1.69. The van der Waals surface area contributed by atoms with Gasteiger partial charge in [-0.3, -0.25) is 9.69 Å². The van der Waals surface area contributed by atoms with Crippen molar-refractivity contribution in [1.29, 1.82) is 0 Å². The highest BCUT2D eigenvalue weighted by Gasteiger charge is 2.27. The van der Waals surface area contributed by atoms with Gasteiger partial charge in [0.1, 0.15) is 0 Å². The Bertz CT molecular complexity index is 207. The van der Waals surface area contributed by atoms with Crippen LogP contribution in [0.2, 0.25) is 0 Å². The van der Waals surface area contributed by atoms with Gasteiger partial charge in [0.15, 0.2) is 5.78 Å². The van der Waals surface area contributed by atoms with Crippen molar-refractivity contribution >= 4 is 5.78 Å². The molecule has 0 aromatic heterocycles. The Labute approximate surface area is 85.4 Å². The number of likely N-dealkylation sites (N-methyl/N-ethyl adjacent to an activating group) is 1. The first-order valence-corrected chi connectivity index (χ1v) is 5.54. The molecule has 0 radical (unpaired) electrons. The summed E-state index contributed by atoms with van der Waals surface area (Å²) in [6.45, 7) is 3.13. The second-order valence-electron chi connectivity index (χ2n) is 4.67. The monoisotopic (exact) mass is 197 g/mol. The quantitative estimate of drug-likeness (QED) is 0.657. The van der Waals surface area contributed by atoms with Crippen LogP contribution in [0.5, 0.6) is 0 Å². The minimum atomic E-state index is 0.177. The number of rotatable bonds is 5. The van der Waals surface area contributed by atoms with Crippen LogP contribution >= 0.6 is 0 Å². The standard InChI is InChI=1S/C11H19NO2/c1-12(6-9-2-3-9)7-11(13)10-4-5-14-8-10/h9-10H,2-8H2,1H3. The summed E-state index contributed by atoms with van der Waals surface area (Å²) >= 11 is 0. The number of Topliss-reactive ketones (excluding diaryl/α,β-unsaturated/α-hetero) is 1. The highest BCUT2D eigenvalue weighted by Crippen LogP contribution is 2.29. The fourth-order valence-electron chi connectivity index (χ4n) is 1.99. The van der Waals surface area contributed by atoms with Crippen molar-refractivity contribution in [1.82, 2.24) is 4.90 Å². The maximum atomic E-state index is 11.7. The molecule has 1 unspecified atom stereocenters. The summed E-state index contributed by atoms with van der Waals surface area (Å²) in [6, 6.07) is 0. The number of carbonyl (C=O) groups is 1. The number of hydrogen-bond donors (Lipinski definition) is 0. The van der Waals surface area contributed by atoms with Crippen LogP contribution in [0.25, 0.3) is 0 Å². The van der Waals surface area contributed by atoms with Gasteiger partial charge in [-0.05, 0) is 32.2 Å². The van der Waals surface area contributed by atoms with Gasteiger partial charge >= 0.3 is 0 Å². The molecule has 80 valence electrons. The van der Waals surface area contributed by atoms with E-state index in [9.17, 15) is 4.79 Å². The highest BCUT2D eigenvalue weighted by molar-refractivity contribution is 5.83. The number of ketones is 1. The molecule has 0 N–H and O–H groups in total. The van der Waals surface area contributed by atoms with Crippen molar-refractivity contribution < 1.29 is 9.53 Å². The lowest BCUT2D eigenvalue weighted by Crippen LogP contribution is -2.31. The van der Waals surface area contributed by atoms with E-state index in [-0.39, 0.29) is 5.92 Å². The summed E-state index contributed by atoms with van der Waals surface area (Å²) < 4.78 is 5.21. The molecule has 2 rings (SSSR count). The molecule has 2 fully saturated rings. The smallest absolute Gasteiger partial charge is 0.152 e. The van der Waals surface area contributed by atoms with Crippen LogP contribution in [0, 0.1) is 11.8 Å². The topological polar surface area (TPSA) is 29.5 Å². The number of hydrogen-bond acceptors (Lipinski definition) is 3. The fraction of sp³-hybridized carbons (Fsp3) is 0.909. The van der Waals surface area contributed by atoms with E-state index in [1.54, 1.807) is 0 Å². The average molecular weight is 197 g/mol. The molecule has 2 aliphatic rings. The van der Waals surface area contributed by atoms with Crippen LogP contribution in [0.1, 0.15) is 19.3 Å². The Hall–Kier alpha value is -0.410. The number of carbonyl (C=O) groups excluding carboxylic acids is 1. The summed E-state index contributed by atoms with van der Waals surface area (Å²) in [7, 11) is 2.05. The summed E-state index contributed by atoms with van der Waals surface area (Å²) in [6.07, 6.45) is 3.63. The largest absolute Gasteiger partial charge is 0.381 e. The minimum absolute atomic E-state index is 0.177. The maximum absolute atomic E-state index is 11.7. The Morgan fingerprint density at radius 2 is 2.21 bits per heavy atom. The second-order valence-corrected chi connectivity index (χ2v) is 4.67. The van der Waals surface area contributed by atoms with Gasteiger partial charge in [0, 0.05) is 19.1 Å². The van der Waals surface area contributed by atoms with Gasteiger partial charge in [-0.2, -0.15) is 0 Å². The molecular formula is C11H19NO2. The van der Waals surface area contributed by atoms with Crippen molar-refractivity contribution in [2.75, 3.05) is 33.4 Å². The summed E-state index contributed by atoms with van der Waals surface area (Å²) in [5, 5.41) is 0. The molecule has 1 saturated carbocycles. The molecule has 14 heavy (non-hydrogen) atoms. The van der Waals surface area contributed by atoms with Crippen LogP contribution in [0.4, 0.5) is 0 Å². The maximum Gasteiger partial charge on any atom is 0.152 e. The lowest BCUT2D eigenvalue weighted by Gasteiger charge is -2.16. The van der Waals surface area contributed by atoms with Gasteiger partial charge in [0.25, 0.3) is 0 Å². The van der Waals surface area contributed by atoms with E-state index in [0.717, 1.165) is 25.5 Å². The first-order chi connectivity index (χ1) is 6.75. The summed E-state index contributed by atoms with van der Waals surface area (Å²) in [5.41, 5.74) is 0. The zero-order chi connectivity index (χ0) is 9.97. The van der Waals surface area contributed by atoms with Gasteiger partial charge in [-0.25, -0.2) is 0 Å². The zero-order valence-corrected chi connectivity index (χ0v) is 8.87. The van der Waals surface area contributed by atoms with Crippen LogP contribution in [-0.4, -0.2) is 44.0 Å². The normalized spacial score (nSPS) is 27.1. The molecule has 1 atom stereocenters. The molecule has 0 amide bonds. The van der Waals surface area contributed by atoms with Crippen LogP contribution in [0.3, 0.4) is 0 Å². The van der Waals surface area contributed by atoms with Crippen molar-refractivity contribution in [3.05, 3.63) is 0 Å². The van der Waals surface area contributed by atoms with Gasteiger partial charge in [0.2, 0.25) is 0 Å². The SMILES string of the molecule is CN(CC(=O)C1CCOC1)CC1CC1. The molecule has 1 aliphatic heterocycles. The van der Waals surface area contributed by atoms with Crippen LogP contribution in [-0.2, 0) is 9.53 Å². The fourth-order valence-corrected chi connectivity index (χ4v) is 1.99. The van der Waals surface area contributed by atoms with Gasteiger partial charge < -0.3 is 4.74 Å². The van der Waals surface area contributed by atoms with Crippen molar-refractivity contribution in [3.63, 3.8) is 0 Å². The van der Waals surface area contributed by atoms with Crippen molar-refractivity contribution in [2.24, 2.45) is 11.8 Å².